The zero-order chi connectivity index (χ0) is 19.0. The molecule has 3 N–H and O–H groups in total. The largest absolute Gasteiger partial charge is 0.329 e. The van der Waals surface area contributed by atoms with Gasteiger partial charge in [0.25, 0.3) is 0 Å². The van der Waals surface area contributed by atoms with Gasteiger partial charge in [0.05, 0.1) is 22.1 Å². The number of aryl methyl sites for hydroxylation is 1. The summed E-state index contributed by atoms with van der Waals surface area (Å²) in [6.07, 6.45) is 0.828. The molecule has 0 radical (unpaired) electrons. The molecule has 1 amide bonds. The van der Waals surface area contributed by atoms with Crippen LogP contribution in [-0.4, -0.2) is 25.0 Å². The van der Waals surface area contributed by atoms with Gasteiger partial charge in [-0.15, -0.1) is 0 Å². The van der Waals surface area contributed by atoms with E-state index in [1.807, 2.05) is 31.2 Å². The number of carbonyl (C=O) groups is 1. The Hall–Kier alpha value is -3.55. The van der Waals surface area contributed by atoms with Crippen molar-refractivity contribution in [3.05, 3.63) is 63.4 Å². The topological polar surface area (TPSA) is 105 Å². The first kappa shape index (κ1) is 16.9. The fourth-order valence-corrected chi connectivity index (χ4v) is 3.32. The molecular formula is C19H19N5O3. The van der Waals surface area contributed by atoms with Gasteiger partial charge in [-0.25, -0.2) is 9.59 Å². The lowest BCUT2D eigenvalue weighted by molar-refractivity contribution is -0.116. The third-order valence-corrected chi connectivity index (χ3v) is 4.47. The van der Waals surface area contributed by atoms with Gasteiger partial charge in [-0.05, 0) is 36.8 Å². The molecule has 138 valence electrons. The van der Waals surface area contributed by atoms with E-state index in [-0.39, 0.29) is 23.8 Å². The van der Waals surface area contributed by atoms with Crippen LogP contribution in [-0.2, 0) is 17.9 Å². The van der Waals surface area contributed by atoms with E-state index in [4.69, 9.17) is 0 Å². The highest BCUT2D eigenvalue weighted by atomic mass is 16.2. The van der Waals surface area contributed by atoms with Gasteiger partial charge in [-0.1, -0.05) is 19.1 Å². The van der Waals surface area contributed by atoms with Crippen molar-refractivity contribution in [3.8, 4) is 0 Å². The number of aromatic nitrogens is 4. The standard InChI is InChI=1S/C19H19N5O3/c1-2-9-23-15-5-3-4-6-16(15)24(19(23)27)11-17(25)20-12-7-8-13-14(10-12)22-18(26)21-13/h3-8,10H,2,9,11H2,1H3,(H,20,25)(H2,21,22,26). The summed E-state index contributed by atoms with van der Waals surface area (Å²) in [6, 6.07) is 12.5. The van der Waals surface area contributed by atoms with Crippen molar-refractivity contribution < 1.29 is 4.79 Å². The van der Waals surface area contributed by atoms with E-state index in [9.17, 15) is 14.4 Å². The summed E-state index contributed by atoms with van der Waals surface area (Å²) < 4.78 is 3.18. The average Bonchev–Trinajstić information content (AvgIpc) is 3.14. The minimum atomic E-state index is -0.311. The van der Waals surface area contributed by atoms with Gasteiger partial charge in [0.15, 0.2) is 0 Å². The fraction of sp³-hybridized carbons (Fsp3) is 0.211. The van der Waals surface area contributed by atoms with E-state index in [0.29, 0.717) is 23.3 Å². The highest BCUT2D eigenvalue weighted by Gasteiger charge is 2.15. The molecule has 0 bridgehead atoms. The number of hydrogen-bond acceptors (Lipinski definition) is 3. The van der Waals surface area contributed by atoms with Crippen molar-refractivity contribution in [2.75, 3.05) is 5.32 Å². The Morgan fingerprint density at radius 3 is 2.44 bits per heavy atom. The second kappa shape index (κ2) is 6.64. The summed E-state index contributed by atoms with van der Waals surface area (Å²) in [4.78, 5) is 41.9. The van der Waals surface area contributed by atoms with Crippen LogP contribution in [0.25, 0.3) is 22.1 Å². The zero-order valence-corrected chi connectivity index (χ0v) is 14.8. The molecule has 0 saturated heterocycles. The van der Waals surface area contributed by atoms with Crippen molar-refractivity contribution in [2.24, 2.45) is 0 Å². The lowest BCUT2D eigenvalue weighted by Gasteiger charge is -2.06. The number of amides is 1. The molecule has 0 saturated carbocycles. The second-order valence-corrected chi connectivity index (χ2v) is 6.40. The number of benzene rings is 2. The normalized spacial score (nSPS) is 11.3. The summed E-state index contributed by atoms with van der Waals surface area (Å²) in [5, 5.41) is 2.78. The first-order valence-electron chi connectivity index (χ1n) is 8.77. The molecule has 0 unspecified atom stereocenters. The Bertz CT molecular complexity index is 1260. The molecule has 0 fully saturated rings. The van der Waals surface area contributed by atoms with Crippen LogP contribution in [0.5, 0.6) is 0 Å². The smallest absolute Gasteiger partial charge is 0.324 e. The van der Waals surface area contributed by atoms with E-state index < -0.39 is 0 Å². The van der Waals surface area contributed by atoms with Gasteiger partial charge in [0.1, 0.15) is 6.54 Å². The Labute approximate surface area is 153 Å². The van der Waals surface area contributed by atoms with Crippen molar-refractivity contribution in [2.45, 2.75) is 26.4 Å². The van der Waals surface area contributed by atoms with Gasteiger partial charge < -0.3 is 15.3 Å². The maximum absolute atomic E-state index is 12.7. The van der Waals surface area contributed by atoms with E-state index in [0.717, 1.165) is 17.5 Å². The van der Waals surface area contributed by atoms with E-state index in [1.54, 1.807) is 22.8 Å². The monoisotopic (exact) mass is 365 g/mol. The lowest BCUT2D eigenvalue weighted by Crippen LogP contribution is -2.29. The van der Waals surface area contributed by atoms with Crippen LogP contribution >= 0.6 is 0 Å². The highest BCUT2D eigenvalue weighted by Crippen LogP contribution is 2.16. The quantitative estimate of drug-likeness (QED) is 0.504. The molecule has 2 heterocycles. The number of anilines is 1. The van der Waals surface area contributed by atoms with Gasteiger partial charge in [-0.2, -0.15) is 0 Å². The molecule has 0 aliphatic heterocycles. The van der Waals surface area contributed by atoms with Crippen LogP contribution in [0.15, 0.2) is 52.1 Å². The van der Waals surface area contributed by atoms with E-state index in [1.165, 1.54) is 4.57 Å². The molecule has 0 aliphatic carbocycles. The lowest BCUT2D eigenvalue weighted by atomic mass is 10.2. The molecule has 4 aromatic rings. The third-order valence-electron chi connectivity index (χ3n) is 4.47. The number of imidazole rings is 2. The molecule has 4 rings (SSSR count). The molecule has 0 spiro atoms. The predicted molar refractivity (Wildman–Crippen MR) is 104 cm³/mol. The molecule has 0 atom stereocenters. The summed E-state index contributed by atoms with van der Waals surface area (Å²) in [5.41, 5.74) is 2.88. The Morgan fingerprint density at radius 2 is 1.70 bits per heavy atom. The van der Waals surface area contributed by atoms with Gasteiger partial charge in [0, 0.05) is 12.2 Å². The summed E-state index contributed by atoms with van der Waals surface area (Å²) in [7, 11) is 0. The van der Waals surface area contributed by atoms with Crippen LogP contribution in [0.4, 0.5) is 5.69 Å². The van der Waals surface area contributed by atoms with Crippen LogP contribution in [0.2, 0.25) is 0 Å². The van der Waals surface area contributed by atoms with Gasteiger partial charge in [0.2, 0.25) is 5.91 Å². The average molecular weight is 365 g/mol. The first-order chi connectivity index (χ1) is 13.1. The Balaban J connectivity index is 1.63. The van der Waals surface area contributed by atoms with Crippen LogP contribution in [0.3, 0.4) is 0 Å². The molecule has 2 aromatic carbocycles. The number of para-hydroxylation sites is 2. The predicted octanol–water partition coefficient (Wildman–Crippen LogP) is 2.02. The number of rotatable bonds is 5. The fourth-order valence-electron chi connectivity index (χ4n) is 3.32. The molecular weight excluding hydrogens is 346 g/mol. The zero-order valence-electron chi connectivity index (χ0n) is 14.8. The number of hydrogen-bond donors (Lipinski definition) is 3. The number of aromatic amines is 2. The number of fused-ring (bicyclic) bond motifs is 2. The first-order valence-corrected chi connectivity index (χ1v) is 8.77. The number of nitrogens with one attached hydrogen (secondary N) is 3. The molecule has 27 heavy (non-hydrogen) atoms. The van der Waals surface area contributed by atoms with Crippen molar-refractivity contribution >= 4 is 33.7 Å². The Morgan fingerprint density at radius 1 is 1.00 bits per heavy atom. The van der Waals surface area contributed by atoms with Crippen molar-refractivity contribution in [3.63, 3.8) is 0 Å². The minimum Gasteiger partial charge on any atom is -0.324 e. The van der Waals surface area contributed by atoms with Crippen LogP contribution in [0, 0.1) is 0 Å². The highest BCUT2D eigenvalue weighted by molar-refractivity contribution is 5.93. The summed E-state index contributed by atoms with van der Waals surface area (Å²) in [5.74, 6) is -0.311. The SMILES string of the molecule is CCCn1c(=O)n(CC(=O)Nc2ccc3[nH]c(=O)[nH]c3c2)c2ccccc21. The number of carbonyl (C=O) groups excluding carboxylic acids is 1. The van der Waals surface area contributed by atoms with E-state index in [2.05, 4.69) is 15.3 Å². The number of nitrogens with zero attached hydrogens (tertiary/aromatic N) is 2. The molecule has 2 aromatic heterocycles. The number of H-pyrrole nitrogens is 2. The summed E-state index contributed by atoms with van der Waals surface area (Å²) in [6.45, 7) is 2.52. The summed E-state index contributed by atoms with van der Waals surface area (Å²) >= 11 is 0. The van der Waals surface area contributed by atoms with E-state index >= 15 is 0 Å². The van der Waals surface area contributed by atoms with Crippen molar-refractivity contribution in [1.82, 2.24) is 19.1 Å². The molecule has 8 heteroatoms. The minimum absolute atomic E-state index is 0.0856. The second-order valence-electron chi connectivity index (χ2n) is 6.40. The molecule has 0 aliphatic rings. The maximum Gasteiger partial charge on any atom is 0.329 e. The maximum atomic E-state index is 12.7. The Kier molecular flexibility index (Phi) is 4.15. The van der Waals surface area contributed by atoms with Crippen molar-refractivity contribution in [1.29, 1.82) is 0 Å². The third kappa shape index (κ3) is 3.05. The van der Waals surface area contributed by atoms with Gasteiger partial charge in [-0.3, -0.25) is 13.9 Å². The van der Waals surface area contributed by atoms with Crippen LogP contribution in [0.1, 0.15) is 13.3 Å². The van der Waals surface area contributed by atoms with Gasteiger partial charge >= 0.3 is 11.4 Å². The van der Waals surface area contributed by atoms with Crippen LogP contribution < -0.4 is 16.7 Å². The molecule has 8 nitrogen and oxygen atoms in total.